The Morgan fingerprint density at radius 2 is 2.00 bits per heavy atom. The van der Waals surface area contributed by atoms with E-state index in [1.165, 1.54) is 11.4 Å². The van der Waals surface area contributed by atoms with E-state index in [2.05, 4.69) is 51.4 Å². The van der Waals surface area contributed by atoms with E-state index in [4.69, 9.17) is 0 Å². The SMILES string of the molecule is CNCCn1ccnc1CCc1ccccc1. The van der Waals surface area contributed by atoms with Gasteiger partial charge >= 0.3 is 0 Å². The second-order valence-corrected chi connectivity index (χ2v) is 4.13. The van der Waals surface area contributed by atoms with Crippen molar-refractivity contribution in [3.8, 4) is 0 Å². The predicted octanol–water partition coefficient (Wildman–Crippen LogP) is 1.89. The van der Waals surface area contributed by atoms with Crippen molar-refractivity contribution in [3.63, 3.8) is 0 Å². The molecule has 0 radical (unpaired) electrons. The highest BCUT2D eigenvalue weighted by atomic mass is 15.1. The molecule has 0 spiro atoms. The van der Waals surface area contributed by atoms with Crippen LogP contribution in [0.3, 0.4) is 0 Å². The van der Waals surface area contributed by atoms with Crippen molar-refractivity contribution in [2.24, 2.45) is 0 Å². The summed E-state index contributed by atoms with van der Waals surface area (Å²) in [6.45, 7) is 1.97. The molecule has 1 heterocycles. The maximum Gasteiger partial charge on any atom is 0.108 e. The lowest BCUT2D eigenvalue weighted by Crippen LogP contribution is -2.16. The largest absolute Gasteiger partial charge is 0.334 e. The van der Waals surface area contributed by atoms with Gasteiger partial charge in [0.15, 0.2) is 0 Å². The normalized spacial score (nSPS) is 10.6. The third-order valence-corrected chi connectivity index (χ3v) is 2.88. The van der Waals surface area contributed by atoms with E-state index in [9.17, 15) is 0 Å². The van der Waals surface area contributed by atoms with Crippen LogP contribution in [0.4, 0.5) is 0 Å². The van der Waals surface area contributed by atoms with Gasteiger partial charge in [-0.3, -0.25) is 0 Å². The molecule has 90 valence electrons. The minimum absolute atomic E-state index is 0.981. The second-order valence-electron chi connectivity index (χ2n) is 4.13. The number of aryl methyl sites for hydroxylation is 2. The van der Waals surface area contributed by atoms with Crippen LogP contribution in [-0.4, -0.2) is 23.1 Å². The van der Waals surface area contributed by atoms with Crippen LogP contribution in [0.1, 0.15) is 11.4 Å². The summed E-state index contributed by atoms with van der Waals surface area (Å²) >= 11 is 0. The Balaban J connectivity index is 1.92. The van der Waals surface area contributed by atoms with Crippen LogP contribution in [0.15, 0.2) is 42.7 Å². The number of likely N-dealkylation sites (N-methyl/N-ethyl adjacent to an activating group) is 1. The first kappa shape index (κ1) is 11.9. The number of hydrogen-bond acceptors (Lipinski definition) is 2. The van der Waals surface area contributed by atoms with Crippen LogP contribution >= 0.6 is 0 Å². The smallest absolute Gasteiger partial charge is 0.108 e. The van der Waals surface area contributed by atoms with E-state index >= 15 is 0 Å². The predicted molar refractivity (Wildman–Crippen MR) is 70.0 cm³/mol. The highest BCUT2D eigenvalue weighted by Crippen LogP contribution is 2.05. The van der Waals surface area contributed by atoms with Gasteiger partial charge in [-0.2, -0.15) is 0 Å². The van der Waals surface area contributed by atoms with Crippen LogP contribution in [0.2, 0.25) is 0 Å². The quantitative estimate of drug-likeness (QED) is 0.819. The van der Waals surface area contributed by atoms with Gasteiger partial charge in [-0.15, -0.1) is 0 Å². The lowest BCUT2D eigenvalue weighted by molar-refractivity contribution is 0.612. The standard InChI is InChI=1S/C14H19N3/c1-15-9-11-17-12-10-16-14(17)8-7-13-5-3-2-4-6-13/h2-6,10,12,15H,7-9,11H2,1H3. The van der Waals surface area contributed by atoms with Gasteiger partial charge in [-0.1, -0.05) is 30.3 Å². The van der Waals surface area contributed by atoms with E-state index in [-0.39, 0.29) is 0 Å². The number of benzene rings is 1. The Hall–Kier alpha value is -1.61. The molecule has 17 heavy (non-hydrogen) atoms. The number of rotatable bonds is 6. The molecular weight excluding hydrogens is 210 g/mol. The van der Waals surface area contributed by atoms with Gasteiger partial charge < -0.3 is 9.88 Å². The van der Waals surface area contributed by atoms with E-state index < -0.39 is 0 Å². The Morgan fingerprint density at radius 1 is 1.18 bits per heavy atom. The zero-order valence-corrected chi connectivity index (χ0v) is 10.3. The highest BCUT2D eigenvalue weighted by molar-refractivity contribution is 5.15. The van der Waals surface area contributed by atoms with Crippen molar-refractivity contribution in [2.75, 3.05) is 13.6 Å². The van der Waals surface area contributed by atoms with Crippen molar-refractivity contribution in [3.05, 3.63) is 54.1 Å². The zero-order valence-electron chi connectivity index (χ0n) is 10.3. The summed E-state index contributed by atoms with van der Waals surface area (Å²) in [6.07, 6.45) is 5.99. The molecule has 0 unspecified atom stereocenters. The van der Waals surface area contributed by atoms with Gasteiger partial charge in [0.25, 0.3) is 0 Å². The molecule has 0 saturated heterocycles. The third kappa shape index (κ3) is 3.43. The Kier molecular flexibility index (Phi) is 4.33. The highest BCUT2D eigenvalue weighted by Gasteiger charge is 2.02. The first-order valence-electron chi connectivity index (χ1n) is 6.08. The molecule has 0 bridgehead atoms. The molecule has 0 aliphatic rings. The molecule has 0 atom stereocenters. The molecule has 1 N–H and O–H groups in total. The van der Waals surface area contributed by atoms with Gasteiger partial charge in [-0.25, -0.2) is 4.98 Å². The first-order chi connectivity index (χ1) is 8.40. The summed E-state index contributed by atoms with van der Waals surface area (Å²) < 4.78 is 2.22. The monoisotopic (exact) mass is 229 g/mol. The van der Waals surface area contributed by atoms with Crippen molar-refractivity contribution in [2.45, 2.75) is 19.4 Å². The number of nitrogens with one attached hydrogen (secondary N) is 1. The third-order valence-electron chi connectivity index (χ3n) is 2.88. The molecule has 0 aliphatic carbocycles. The summed E-state index contributed by atoms with van der Waals surface area (Å²) in [6, 6.07) is 10.6. The number of imidazole rings is 1. The van der Waals surface area contributed by atoms with Gasteiger partial charge in [0.05, 0.1) is 0 Å². The summed E-state index contributed by atoms with van der Waals surface area (Å²) in [5.41, 5.74) is 1.37. The molecule has 0 saturated carbocycles. The first-order valence-corrected chi connectivity index (χ1v) is 6.08. The van der Waals surface area contributed by atoms with E-state index in [1.54, 1.807) is 0 Å². The summed E-state index contributed by atoms with van der Waals surface area (Å²) in [5, 5.41) is 3.16. The molecule has 2 rings (SSSR count). The summed E-state index contributed by atoms with van der Waals surface area (Å²) in [5.74, 6) is 1.17. The van der Waals surface area contributed by atoms with Gasteiger partial charge in [0.1, 0.15) is 5.82 Å². The molecule has 1 aromatic carbocycles. The van der Waals surface area contributed by atoms with Gasteiger partial charge in [0, 0.05) is 31.9 Å². The lowest BCUT2D eigenvalue weighted by Gasteiger charge is -2.07. The van der Waals surface area contributed by atoms with Crippen LogP contribution in [0.5, 0.6) is 0 Å². The lowest BCUT2D eigenvalue weighted by atomic mass is 10.1. The summed E-state index contributed by atoms with van der Waals surface area (Å²) in [7, 11) is 1.97. The minimum Gasteiger partial charge on any atom is -0.334 e. The van der Waals surface area contributed by atoms with E-state index in [0.717, 1.165) is 25.9 Å². The summed E-state index contributed by atoms with van der Waals surface area (Å²) in [4.78, 5) is 4.42. The molecular formula is C14H19N3. The topological polar surface area (TPSA) is 29.9 Å². The fraction of sp³-hybridized carbons (Fsp3) is 0.357. The van der Waals surface area contributed by atoms with Crippen LogP contribution < -0.4 is 5.32 Å². The molecule has 1 aromatic heterocycles. The average molecular weight is 229 g/mol. The molecule has 2 aromatic rings. The fourth-order valence-corrected chi connectivity index (χ4v) is 1.90. The van der Waals surface area contributed by atoms with Crippen molar-refractivity contribution < 1.29 is 0 Å². The molecule has 3 nitrogen and oxygen atoms in total. The van der Waals surface area contributed by atoms with Crippen LogP contribution in [0.25, 0.3) is 0 Å². The fourth-order valence-electron chi connectivity index (χ4n) is 1.90. The Labute approximate surface area is 103 Å². The second kappa shape index (κ2) is 6.21. The average Bonchev–Trinajstić information content (AvgIpc) is 2.82. The number of nitrogens with zero attached hydrogens (tertiary/aromatic N) is 2. The van der Waals surface area contributed by atoms with Crippen molar-refractivity contribution in [1.29, 1.82) is 0 Å². The van der Waals surface area contributed by atoms with Crippen LogP contribution in [0, 0.1) is 0 Å². The van der Waals surface area contributed by atoms with Gasteiger partial charge in [-0.05, 0) is 19.0 Å². The molecule has 0 amide bonds. The van der Waals surface area contributed by atoms with Crippen LogP contribution in [-0.2, 0) is 19.4 Å². The molecule has 0 aliphatic heterocycles. The Bertz CT molecular complexity index is 434. The number of aromatic nitrogens is 2. The number of hydrogen-bond donors (Lipinski definition) is 1. The van der Waals surface area contributed by atoms with E-state index in [0.29, 0.717) is 0 Å². The van der Waals surface area contributed by atoms with Crippen molar-refractivity contribution >= 4 is 0 Å². The van der Waals surface area contributed by atoms with E-state index in [1.807, 2.05) is 13.2 Å². The molecule has 0 fully saturated rings. The minimum atomic E-state index is 0.981. The maximum absolute atomic E-state index is 4.42. The molecule has 3 heteroatoms. The van der Waals surface area contributed by atoms with Gasteiger partial charge in [0.2, 0.25) is 0 Å². The maximum atomic E-state index is 4.42. The van der Waals surface area contributed by atoms with Crippen molar-refractivity contribution in [1.82, 2.24) is 14.9 Å². The Morgan fingerprint density at radius 3 is 2.76 bits per heavy atom. The zero-order chi connectivity index (χ0) is 11.9.